The van der Waals surface area contributed by atoms with Crippen LogP contribution in [-0.4, -0.2) is 38.6 Å². The van der Waals surface area contributed by atoms with E-state index in [-0.39, 0.29) is 11.4 Å². The molecule has 18 heavy (non-hydrogen) atoms. The summed E-state index contributed by atoms with van der Waals surface area (Å²) in [5.41, 5.74) is 2.02. The van der Waals surface area contributed by atoms with Gasteiger partial charge in [-0.05, 0) is 33.0 Å². The van der Waals surface area contributed by atoms with Crippen molar-refractivity contribution in [2.75, 3.05) is 37.0 Å². The van der Waals surface area contributed by atoms with E-state index in [2.05, 4.69) is 25.2 Å². The lowest BCUT2D eigenvalue weighted by Crippen LogP contribution is -2.53. The summed E-state index contributed by atoms with van der Waals surface area (Å²) in [6, 6.07) is 8.05. The number of hydrogen-bond acceptors (Lipinski definition) is 3. The van der Waals surface area contributed by atoms with Gasteiger partial charge >= 0.3 is 0 Å². The van der Waals surface area contributed by atoms with E-state index in [1.54, 1.807) is 0 Å². The van der Waals surface area contributed by atoms with Gasteiger partial charge in [-0.15, -0.1) is 0 Å². The molecule has 0 saturated heterocycles. The number of fused-ring (bicyclic) bond motifs is 1. The molecule has 1 heterocycles. The molecule has 0 unspecified atom stereocenters. The normalized spacial score (nSPS) is 15.9. The molecular formula is C14H21N3O. The van der Waals surface area contributed by atoms with Crippen LogP contribution in [0.5, 0.6) is 0 Å². The van der Waals surface area contributed by atoms with Crippen LogP contribution in [0.1, 0.15) is 13.8 Å². The van der Waals surface area contributed by atoms with Gasteiger partial charge in [-0.1, -0.05) is 12.1 Å². The average molecular weight is 247 g/mol. The highest BCUT2D eigenvalue weighted by molar-refractivity contribution is 6.03. The Balaban J connectivity index is 2.36. The van der Waals surface area contributed by atoms with Crippen molar-refractivity contribution in [1.82, 2.24) is 5.32 Å². The molecule has 4 heteroatoms. The smallest absolute Gasteiger partial charge is 0.246 e. The predicted octanol–water partition coefficient (Wildman–Crippen LogP) is 1.47. The largest absolute Gasteiger partial charge is 0.364 e. The van der Waals surface area contributed by atoms with Crippen LogP contribution in [-0.2, 0) is 4.79 Å². The fourth-order valence-electron chi connectivity index (χ4n) is 2.17. The first kappa shape index (κ1) is 12.9. The van der Waals surface area contributed by atoms with E-state index in [1.165, 1.54) is 0 Å². The summed E-state index contributed by atoms with van der Waals surface area (Å²) in [4.78, 5) is 16.1. The quantitative estimate of drug-likeness (QED) is 0.878. The number of carbonyl (C=O) groups excluding carboxylic acids is 1. The number of hydrogen-bond donors (Lipinski definition) is 1. The number of nitrogens with zero attached hydrogens (tertiary/aromatic N) is 2. The van der Waals surface area contributed by atoms with E-state index in [0.29, 0.717) is 13.1 Å². The Bertz CT molecular complexity index is 456. The van der Waals surface area contributed by atoms with Crippen LogP contribution >= 0.6 is 0 Å². The van der Waals surface area contributed by atoms with Crippen molar-refractivity contribution in [3.05, 3.63) is 24.3 Å². The van der Waals surface area contributed by atoms with Crippen molar-refractivity contribution in [2.45, 2.75) is 19.4 Å². The summed E-state index contributed by atoms with van der Waals surface area (Å²) in [6.45, 7) is 5.31. The van der Waals surface area contributed by atoms with Gasteiger partial charge in [0.1, 0.15) is 0 Å². The van der Waals surface area contributed by atoms with E-state index >= 15 is 0 Å². The summed E-state index contributed by atoms with van der Waals surface area (Å²) in [6.07, 6.45) is 0. The lowest BCUT2D eigenvalue weighted by molar-refractivity contribution is -0.117. The minimum Gasteiger partial charge on any atom is -0.364 e. The van der Waals surface area contributed by atoms with E-state index < -0.39 is 0 Å². The molecule has 4 nitrogen and oxygen atoms in total. The van der Waals surface area contributed by atoms with Gasteiger partial charge in [0.2, 0.25) is 5.91 Å². The van der Waals surface area contributed by atoms with Crippen LogP contribution in [0.3, 0.4) is 0 Å². The van der Waals surface area contributed by atoms with Crippen LogP contribution in [0.2, 0.25) is 0 Å². The molecular weight excluding hydrogens is 226 g/mol. The van der Waals surface area contributed by atoms with Crippen molar-refractivity contribution in [2.24, 2.45) is 0 Å². The minimum absolute atomic E-state index is 0.0985. The lowest BCUT2D eigenvalue weighted by atomic mass is 10.0. The Kier molecular flexibility index (Phi) is 3.30. The van der Waals surface area contributed by atoms with Gasteiger partial charge in [0.15, 0.2) is 0 Å². The Morgan fingerprint density at radius 1 is 1.28 bits per heavy atom. The standard InChI is InChI=1S/C14H21N3O/c1-14(2,15-3)10-17-12-8-6-5-7-11(12)16(4)9-13(17)18/h5-8,15H,9-10H2,1-4H3. The van der Waals surface area contributed by atoms with Crippen LogP contribution in [0.15, 0.2) is 24.3 Å². The van der Waals surface area contributed by atoms with Gasteiger partial charge < -0.3 is 15.1 Å². The second kappa shape index (κ2) is 4.61. The molecule has 0 aromatic heterocycles. The van der Waals surface area contributed by atoms with Crippen molar-refractivity contribution in [3.63, 3.8) is 0 Å². The Morgan fingerprint density at radius 3 is 2.50 bits per heavy atom. The fraction of sp³-hybridized carbons (Fsp3) is 0.500. The van der Waals surface area contributed by atoms with Crippen LogP contribution < -0.4 is 15.1 Å². The zero-order chi connectivity index (χ0) is 13.3. The molecule has 1 aliphatic rings. The molecule has 0 atom stereocenters. The fourth-order valence-corrected chi connectivity index (χ4v) is 2.17. The number of para-hydroxylation sites is 2. The summed E-state index contributed by atoms with van der Waals surface area (Å²) in [7, 11) is 3.88. The maximum Gasteiger partial charge on any atom is 0.246 e. The van der Waals surface area contributed by atoms with Gasteiger partial charge in [0.25, 0.3) is 0 Å². The molecule has 0 fully saturated rings. The monoisotopic (exact) mass is 247 g/mol. The Hall–Kier alpha value is -1.55. The molecule has 0 bridgehead atoms. The van der Waals surface area contributed by atoms with Gasteiger partial charge in [0, 0.05) is 19.1 Å². The zero-order valence-corrected chi connectivity index (χ0v) is 11.5. The number of benzene rings is 1. The zero-order valence-electron chi connectivity index (χ0n) is 11.5. The number of rotatable bonds is 3. The first-order valence-corrected chi connectivity index (χ1v) is 6.24. The maximum atomic E-state index is 12.2. The highest BCUT2D eigenvalue weighted by Gasteiger charge is 2.30. The second-order valence-electron chi connectivity index (χ2n) is 5.46. The number of likely N-dealkylation sites (N-methyl/N-ethyl adjacent to an activating group) is 2. The molecule has 1 aliphatic heterocycles. The molecule has 0 saturated carbocycles. The van der Waals surface area contributed by atoms with E-state index in [0.717, 1.165) is 11.4 Å². The molecule has 0 aliphatic carbocycles. The molecule has 1 aromatic rings. The van der Waals surface area contributed by atoms with Crippen molar-refractivity contribution < 1.29 is 4.79 Å². The van der Waals surface area contributed by atoms with Gasteiger partial charge in [-0.25, -0.2) is 0 Å². The van der Waals surface area contributed by atoms with E-state index in [1.807, 2.05) is 42.1 Å². The second-order valence-corrected chi connectivity index (χ2v) is 5.46. The highest BCUT2D eigenvalue weighted by atomic mass is 16.2. The lowest BCUT2D eigenvalue weighted by Gasteiger charge is -2.39. The van der Waals surface area contributed by atoms with Crippen LogP contribution in [0.4, 0.5) is 11.4 Å². The van der Waals surface area contributed by atoms with Crippen molar-refractivity contribution >= 4 is 17.3 Å². The first-order chi connectivity index (χ1) is 8.44. The molecule has 0 spiro atoms. The Morgan fingerprint density at radius 2 is 1.89 bits per heavy atom. The third kappa shape index (κ3) is 2.34. The number of carbonyl (C=O) groups is 1. The number of anilines is 2. The van der Waals surface area contributed by atoms with Crippen molar-refractivity contribution in [3.8, 4) is 0 Å². The van der Waals surface area contributed by atoms with Crippen LogP contribution in [0.25, 0.3) is 0 Å². The van der Waals surface area contributed by atoms with Gasteiger partial charge in [0.05, 0.1) is 17.9 Å². The Labute approximate surface area is 109 Å². The maximum absolute atomic E-state index is 12.2. The summed E-state index contributed by atoms with van der Waals surface area (Å²) in [5, 5.41) is 3.24. The molecule has 1 N–H and O–H groups in total. The van der Waals surface area contributed by atoms with E-state index in [9.17, 15) is 4.79 Å². The third-order valence-electron chi connectivity index (χ3n) is 3.49. The van der Waals surface area contributed by atoms with Gasteiger partial charge in [-0.2, -0.15) is 0 Å². The molecule has 1 aromatic carbocycles. The summed E-state index contributed by atoms with van der Waals surface area (Å²) < 4.78 is 0. The first-order valence-electron chi connectivity index (χ1n) is 6.24. The SMILES string of the molecule is CNC(C)(C)CN1C(=O)CN(C)c2ccccc21. The predicted molar refractivity (Wildman–Crippen MR) is 75.2 cm³/mol. The number of amides is 1. The third-order valence-corrected chi connectivity index (χ3v) is 3.49. The molecule has 98 valence electrons. The number of nitrogens with one attached hydrogen (secondary N) is 1. The van der Waals surface area contributed by atoms with Crippen LogP contribution in [0, 0.1) is 0 Å². The summed E-state index contributed by atoms with van der Waals surface area (Å²) >= 11 is 0. The molecule has 2 rings (SSSR count). The summed E-state index contributed by atoms with van der Waals surface area (Å²) in [5.74, 6) is 0.152. The highest BCUT2D eigenvalue weighted by Crippen LogP contribution is 2.32. The van der Waals surface area contributed by atoms with E-state index in [4.69, 9.17) is 0 Å². The topological polar surface area (TPSA) is 35.6 Å². The van der Waals surface area contributed by atoms with Gasteiger partial charge in [-0.3, -0.25) is 4.79 Å². The van der Waals surface area contributed by atoms with Crippen molar-refractivity contribution in [1.29, 1.82) is 0 Å². The average Bonchev–Trinajstić information content (AvgIpc) is 2.34. The molecule has 1 amide bonds. The minimum atomic E-state index is -0.0985. The molecule has 0 radical (unpaired) electrons.